The molecule has 0 aromatic carbocycles. The SMILES string of the molecule is CCc1ncc(S(=O)(=O)N2CCCC2c2ccsc2)[nH]1. The topological polar surface area (TPSA) is 66.1 Å². The van der Waals surface area contributed by atoms with E-state index >= 15 is 0 Å². The predicted octanol–water partition coefficient (Wildman–Crippen LogP) is 2.56. The van der Waals surface area contributed by atoms with Crippen molar-refractivity contribution in [3.63, 3.8) is 0 Å². The highest BCUT2D eigenvalue weighted by molar-refractivity contribution is 7.89. The van der Waals surface area contributed by atoms with Crippen LogP contribution in [0.5, 0.6) is 0 Å². The van der Waals surface area contributed by atoms with Gasteiger partial charge in [-0.1, -0.05) is 6.92 Å². The number of nitrogens with one attached hydrogen (secondary N) is 1. The number of aryl methyl sites for hydroxylation is 1. The van der Waals surface area contributed by atoms with Crippen LogP contribution in [0.25, 0.3) is 0 Å². The molecule has 1 aliphatic rings. The van der Waals surface area contributed by atoms with Gasteiger partial charge in [-0.05, 0) is 35.2 Å². The lowest BCUT2D eigenvalue weighted by molar-refractivity contribution is 0.395. The van der Waals surface area contributed by atoms with Gasteiger partial charge in [0, 0.05) is 13.0 Å². The lowest BCUT2D eigenvalue weighted by atomic mass is 10.1. The smallest absolute Gasteiger partial charge is 0.260 e. The van der Waals surface area contributed by atoms with E-state index in [-0.39, 0.29) is 11.1 Å². The minimum Gasteiger partial charge on any atom is -0.332 e. The van der Waals surface area contributed by atoms with Gasteiger partial charge in [0.25, 0.3) is 10.0 Å². The van der Waals surface area contributed by atoms with E-state index in [2.05, 4.69) is 9.97 Å². The summed E-state index contributed by atoms with van der Waals surface area (Å²) >= 11 is 1.60. The first-order valence-electron chi connectivity index (χ1n) is 6.70. The summed E-state index contributed by atoms with van der Waals surface area (Å²) in [5, 5.41) is 4.23. The van der Waals surface area contributed by atoms with Crippen LogP contribution >= 0.6 is 11.3 Å². The predicted molar refractivity (Wildman–Crippen MR) is 78.2 cm³/mol. The largest absolute Gasteiger partial charge is 0.332 e. The monoisotopic (exact) mass is 311 g/mol. The number of thiophene rings is 1. The molecule has 1 unspecified atom stereocenters. The summed E-state index contributed by atoms with van der Waals surface area (Å²) in [6.45, 7) is 2.52. The molecule has 3 rings (SSSR count). The number of aromatic nitrogens is 2. The van der Waals surface area contributed by atoms with Gasteiger partial charge in [0.15, 0.2) is 5.03 Å². The van der Waals surface area contributed by atoms with E-state index < -0.39 is 10.0 Å². The third-order valence-electron chi connectivity index (χ3n) is 3.66. The van der Waals surface area contributed by atoms with Crippen molar-refractivity contribution in [3.8, 4) is 0 Å². The molecule has 7 heteroatoms. The van der Waals surface area contributed by atoms with E-state index in [4.69, 9.17) is 0 Å². The number of rotatable bonds is 4. The molecule has 5 nitrogen and oxygen atoms in total. The second-order valence-corrected chi connectivity index (χ2v) is 7.52. The average Bonchev–Trinajstić information content (AvgIpc) is 3.17. The highest BCUT2D eigenvalue weighted by Crippen LogP contribution is 2.36. The normalized spacial score (nSPS) is 20.6. The molecule has 108 valence electrons. The van der Waals surface area contributed by atoms with Crippen LogP contribution in [0.1, 0.15) is 37.2 Å². The molecule has 0 spiro atoms. The molecular formula is C13H17N3O2S2. The molecule has 1 atom stereocenters. The number of hydrogen-bond acceptors (Lipinski definition) is 4. The van der Waals surface area contributed by atoms with Crippen molar-refractivity contribution in [2.45, 2.75) is 37.3 Å². The molecule has 2 aromatic heterocycles. The van der Waals surface area contributed by atoms with Crippen molar-refractivity contribution >= 4 is 21.4 Å². The van der Waals surface area contributed by atoms with Crippen molar-refractivity contribution in [2.75, 3.05) is 6.54 Å². The third kappa shape index (κ3) is 2.30. The Bertz CT molecular complexity index is 676. The van der Waals surface area contributed by atoms with E-state index in [0.29, 0.717) is 18.8 Å². The van der Waals surface area contributed by atoms with Crippen LogP contribution in [0.3, 0.4) is 0 Å². The zero-order valence-corrected chi connectivity index (χ0v) is 12.9. The van der Waals surface area contributed by atoms with Crippen molar-refractivity contribution in [1.29, 1.82) is 0 Å². The van der Waals surface area contributed by atoms with Crippen LogP contribution in [0.2, 0.25) is 0 Å². The first-order valence-corrected chi connectivity index (χ1v) is 9.09. The molecule has 20 heavy (non-hydrogen) atoms. The summed E-state index contributed by atoms with van der Waals surface area (Å²) in [6, 6.07) is 1.97. The Morgan fingerprint density at radius 3 is 3.05 bits per heavy atom. The fourth-order valence-corrected chi connectivity index (χ4v) is 4.93. The minimum atomic E-state index is -3.48. The maximum atomic E-state index is 12.7. The Morgan fingerprint density at radius 1 is 1.55 bits per heavy atom. The highest BCUT2D eigenvalue weighted by atomic mass is 32.2. The fraction of sp³-hybridized carbons (Fsp3) is 0.462. The quantitative estimate of drug-likeness (QED) is 0.943. The van der Waals surface area contributed by atoms with Crippen LogP contribution in [-0.2, 0) is 16.4 Å². The maximum Gasteiger partial charge on any atom is 0.260 e. The van der Waals surface area contributed by atoms with Gasteiger partial charge in [-0.25, -0.2) is 13.4 Å². The Hall–Kier alpha value is -1.18. The van der Waals surface area contributed by atoms with Crippen LogP contribution < -0.4 is 0 Å². The third-order valence-corrected chi connectivity index (χ3v) is 6.18. The highest BCUT2D eigenvalue weighted by Gasteiger charge is 2.37. The molecule has 1 saturated heterocycles. The average molecular weight is 311 g/mol. The van der Waals surface area contributed by atoms with E-state index in [9.17, 15) is 8.42 Å². The van der Waals surface area contributed by atoms with E-state index in [0.717, 1.165) is 18.4 Å². The number of nitrogens with zero attached hydrogens (tertiary/aromatic N) is 2. The van der Waals surface area contributed by atoms with Crippen LogP contribution in [0.4, 0.5) is 0 Å². The standard InChI is InChI=1S/C13H17N3O2S2/c1-2-12-14-8-13(15-12)20(17,18)16-6-3-4-11(16)10-5-7-19-9-10/h5,7-9,11H,2-4,6H2,1H3,(H,14,15). The van der Waals surface area contributed by atoms with E-state index in [1.54, 1.807) is 15.6 Å². The molecule has 3 heterocycles. The Kier molecular flexibility index (Phi) is 3.66. The van der Waals surface area contributed by atoms with E-state index in [1.807, 2.05) is 23.8 Å². The number of sulfonamides is 1. The molecule has 0 amide bonds. The summed E-state index contributed by atoms with van der Waals surface area (Å²) < 4.78 is 27.1. The van der Waals surface area contributed by atoms with Gasteiger partial charge >= 0.3 is 0 Å². The Morgan fingerprint density at radius 2 is 2.40 bits per heavy atom. The van der Waals surface area contributed by atoms with Crippen molar-refractivity contribution in [1.82, 2.24) is 14.3 Å². The molecule has 2 aromatic rings. The first kappa shape index (κ1) is 13.8. The Balaban J connectivity index is 1.94. The summed E-state index contributed by atoms with van der Waals surface area (Å²) in [5.74, 6) is 0.704. The molecule has 0 bridgehead atoms. The first-order chi connectivity index (χ1) is 9.63. The van der Waals surface area contributed by atoms with Gasteiger partial charge in [-0.2, -0.15) is 15.6 Å². The molecule has 0 saturated carbocycles. The molecule has 0 aliphatic carbocycles. The van der Waals surface area contributed by atoms with Crippen LogP contribution in [0.15, 0.2) is 28.0 Å². The van der Waals surface area contributed by atoms with Crippen molar-refractivity contribution in [3.05, 3.63) is 34.4 Å². The van der Waals surface area contributed by atoms with Gasteiger partial charge < -0.3 is 4.98 Å². The number of H-pyrrole nitrogens is 1. The molecule has 1 N–H and O–H groups in total. The summed E-state index contributed by atoms with van der Waals surface area (Å²) in [4.78, 5) is 7.01. The fourth-order valence-electron chi connectivity index (χ4n) is 2.61. The second kappa shape index (κ2) is 5.31. The number of hydrogen-bond donors (Lipinski definition) is 1. The summed E-state index contributed by atoms with van der Waals surface area (Å²) in [5.41, 5.74) is 1.09. The molecule has 0 radical (unpaired) electrons. The Labute approximate surface area is 122 Å². The van der Waals surface area contributed by atoms with Crippen molar-refractivity contribution in [2.24, 2.45) is 0 Å². The van der Waals surface area contributed by atoms with Gasteiger partial charge in [0.2, 0.25) is 0 Å². The molecule has 1 aliphatic heterocycles. The zero-order chi connectivity index (χ0) is 14.2. The zero-order valence-electron chi connectivity index (χ0n) is 11.2. The maximum absolute atomic E-state index is 12.7. The second-order valence-electron chi connectivity index (χ2n) is 4.88. The molecule has 1 fully saturated rings. The summed E-state index contributed by atoms with van der Waals surface area (Å²) in [7, 11) is -3.48. The lowest BCUT2D eigenvalue weighted by Gasteiger charge is -2.22. The number of aromatic amines is 1. The molecular weight excluding hydrogens is 294 g/mol. The lowest BCUT2D eigenvalue weighted by Crippen LogP contribution is -2.30. The van der Waals surface area contributed by atoms with Gasteiger partial charge in [-0.3, -0.25) is 0 Å². The van der Waals surface area contributed by atoms with Gasteiger partial charge in [0.1, 0.15) is 5.82 Å². The number of imidazole rings is 1. The van der Waals surface area contributed by atoms with Crippen molar-refractivity contribution < 1.29 is 8.42 Å². The summed E-state index contributed by atoms with van der Waals surface area (Å²) in [6.07, 6.45) is 3.90. The van der Waals surface area contributed by atoms with Gasteiger partial charge in [-0.15, -0.1) is 0 Å². The van der Waals surface area contributed by atoms with Crippen LogP contribution in [-0.4, -0.2) is 29.2 Å². The van der Waals surface area contributed by atoms with E-state index in [1.165, 1.54) is 6.20 Å². The van der Waals surface area contributed by atoms with Gasteiger partial charge in [0.05, 0.1) is 12.2 Å². The minimum absolute atomic E-state index is 0.0420. The van der Waals surface area contributed by atoms with Crippen LogP contribution in [0, 0.1) is 0 Å².